The number of nitrogens with two attached hydrogens (primary N) is 1. The lowest BCUT2D eigenvalue weighted by Gasteiger charge is -2.10. The first kappa shape index (κ1) is 18.5. The van der Waals surface area contributed by atoms with Crippen molar-refractivity contribution in [2.75, 3.05) is 5.73 Å². The Hall–Kier alpha value is -3.85. The van der Waals surface area contributed by atoms with E-state index >= 15 is 0 Å². The summed E-state index contributed by atoms with van der Waals surface area (Å²) in [4.78, 5) is 27.9. The number of imidazole rings is 1. The van der Waals surface area contributed by atoms with Crippen molar-refractivity contribution in [3.05, 3.63) is 65.2 Å². The first-order chi connectivity index (χ1) is 14.0. The van der Waals surface area contributed by atoms with Crippen molar-refractivity contribution in [2.45, 2.75) is 6.92 Å². The molecule has 0 aliphatic heterocycles. The molecule has 3 heterocycles. The Labute approximate surface area is 169 Å². The minimum absolute atomic E-state index is 0.0391. The Bertz CT molecular complexity index is 1270. The Balaban J connectivity index is 1.95. The molecule has 0 unspecified atom stereocenters. The first-order valence-electron chi connectivity index (χ1n) is 8.45. The lowest BCUT2D eigenvalue weighted by atomic mass is 10.0. The van der Waals surface area contributed by atoms with Gasteiger partial charge in [0.25, 0.3) is 0 Å². The van der Waals surface area contributed by atoms with E-state index in [-0.39, 0.29) is 17.2 Å². The zero-order chi connectivity index (χ0) is 20.5. The van der Waals surface area contributed by atoms with E-state index in [1.54, 1.807) is 13.0 Å². The maximum atomic E-state index is 11.6. The molecule has 29 heavy (non-hydrogen) atoms. The molecule has 3 N–H and O–H groups in total. The summed E-state index contributed by atoms with van der Waals surface area (Å²) in [5, 5.41) is 14.4. The number of halogens is 1. The number of rotatable bonds is 4. The average molecular weight is 408 g/mol. The van der Waals surface area contributed by atoms with Crippen molar-refractivity contribution < 1.29 is 9.90 Å². The van der Waals surface area contributed by atoms with E-state index in [4.69, 9.17) is 17.3 Å². The lowest BCUT2D eigenvalue weighted by Crippen LogP contribution is -2.08. The number of aromatic carboxylic acids is 1. The van der Waals surface area contributed by atoms with Crippen LogP contribution in [0.2, 0.25) is 5.15 Å². The summed E-state index contributed by atoms with van der Waals surface area (Å²) in [6.45, 7) is 1.73. The molecular weight excluding hydrogens is 394 g/mol. The number of aromatic nitrogens is 5. The van der Waals surface area contributed by atoms with Crippen molar-refractivity contribution in [3.8, 4) is 11.3 Å². The van der Waals surface area contributed by atoms with Gasteiger partial charge >= 0.3 is 5.97 Å². The van der Waals surface area contributed by atoms with Gasteiger partial charge in [0, 0.05) is 16.8 Å². The van der Waals surface area contributed by atoms with E-state index in [1.165, 1.54) is 17.0 Å². The van der Waals surface area contributed by atoms with Gasteiger partial charge in [-0.05, 0) is 13.0 Å². The molecule has 0 saturated carbocycles. The molecule has 0 amide bonds. The zero-order valence-corrected chi connectivity index (χ0v) is 15.9. The molecular formula is C19H14ClN7O2. The van der Waals surface area contributed by atoms with Crippen LogP contribution in [-0.2, 0) is 0 Å². The van der Waals surface area contributed by atoms with Gasteiger partial charge in [0.05, 0.1) is 6.20 Å². The quantitative estimate of drug-likeness (QED) is 0.496. The van der Waals surface area contributed by atoms with Crippen molar-refractivity contribution >= 4 is 40.6 Å². The van der Waals surface area contributed by atoms with E-state index in [1.807, 2.05) is 30.3 Å². The number of aliphatic imine (C=N–C) groups is 1. The van der Waals surface area contributed by atoms with Gasteiger partial charge in [0.2, 0.25) is 0 Å². The molecule has 0 radical (unpaired) electrons. The molecule has 0 fully saturated rings. The highest BCUT2D eigenvalue weighted by atomic mass is 35.5. The zero-order valence-electron chi connectivity index (χ0n) is 15.1. The van der Waals surface area contributed by atoms with Gasteiger partial charge in [-0.15, -0.1) is 0 Å². The second-order valence-corrected chi connectivity index (χ2v) is 6.47. The monoisotopic (exact) mass is 407 g/mol. The number of nitrogen functional groups attached to an aromatic ring is 1. The third kappa shape index (κ3) is 3.39. The van der Waals surface area contributed by atoms with E-state index in [9.17, 15) is 9.90 Å². The normalized spacial score (nSPS) is 11.7. The molecule has 10 heteroatoms. The third-order valence-electron chi connectivity index (χ3n) is 4.23. The van der Waals surface area contributed by atoms with Gasteiger partial charge in [-0.1, -0.05) is 41.9 Å². The Morgan fingerprint density at radius 1 is 1.21 bits per heavy atom. The summed E-state index contributed by atoms with van der Waals surface area (Å²) in [7, 11) is 0. The molecule has 144 valence electrons. The van der Waals surface area contributed by atoms with Crippen LogP contribution in [0.15, 0.2) is 53.9 Å². The molecule has 4 rings (SSSR count). The van der Waals surface area contributed by atoms with Gasteiger partial charge in [-0.2, -0.15) is 5.10 Å². The summed E-state index contributed by atoms with van der Waals surface area (Å²) in [6.07, 6.45) is 2.67. The van der Waals surface area contributed by atoms with E-state index < -0.39 is 5.97 Å². The second-order valence-electron chi connectivity index (χ2n) is 6.08. The summed E-state index contributed by atoms with van der Waals surface area (Å²) in [5.41, 5.74) is 8.55. The molecule has 3 aromatic heterocycles. The molecule has 0 bridgehead atoms. The summed E-state index contributed by atoms with van der Waals surface area (Å²) in [6, 6.07) is 11.3. The second kappa shape index (κ2) is 7.28. The van der Waals surface area contributed by atoms with Crippen LogP contribution in [-0.4, -0.2) is 41.4 Å². The number of fused-ring (bicyclic) bond motifs is 1. The summed E-state index contributed by atoms with van der Waals surface area (Å²) < 4.78 is 1.52. The van der Waals surface area contributed by atoms with Crippen molar-refractivity contribution in [1.29, 1.82) is 0 Å². The third-order valence-corrected chi connectivity index (χ3v) is 4.49. The Morgan fingerprint density at radius 2 is 1.97 bits per heavy atom. The largest absolute Gasteiger partial charge is 0.477 e. The number of carboxylic acid groups (broad SMARTS) is 1. The number of hydrogen-bond donors (Lipinski definition) is 2. The highest BCUT2D eigenvalue weighted by Crippen LogP contribution is 2.27. The van der Waals surface area contributed by atoms with Crippen molar-refractivity contribution in [3.63, 3.8) is 0 Å². The maximum Gasteiger partial charge on any atom is 0.343 e. The minimum Gasteiger partial charge on any atom is -0.477 e. The predicted molar refractivity (Wildman–Crippen MR) is 109 cm³/mol. The van der Waals surface area contributed by atoms with Crippen LogP contribution in [0.4, 0.5) is 11.6 Å². The number of benzene rings is 1. The molecule has 9 nitrogen and oxygen atoms in total. The lowest BCUT2D eigenvalue weighted by molar-refractivity contribution is 0.0698. The number of carbonyl (C=O) groups is 1. The summed E-state index contributed by atoms with van der Waals surface area (Å²) in [5.74, 6) is -1.45. The fraction of sp³-hybridized carbons (Fsp3) is 0.0526. The van der Waals surface area contributed by atoms with Crippen LogP contribution >= 0.6 is 11.6 Å². The average Bonchev–Trinajstić information content (AvgIpc) is 3.07. The van der Waals surface area contributed by atoms with Crippen LogP contribution in [0, 0.1) is 0 Å². The molecule has 1 aromatic carbocycles. The van der Waals surface area contributed by atoms with Crippen LogP contribution in [0.5, 0.6) is 0 Å². The summed E-state index contributed by atoms with van der Waals surface area (Å²) >= 11 is 6.18. The molecule has 0 aliphatic rings. The van der Waals surface area contributed by atoms with Crippen LogP contribution < -0.4 is 5.73 Å². The van der Waals surface area contributed by atoms with Gasteiger partial charge in [0.1, 0.15) is 23.4 Å². The predicted octanol–water partition coefficient (Wildman–Crippen LogP) is 3.26. The van der Waals surface area contributed by atoms with Crippen LogP contribution in [0.1, 0.15) is 22.8 Å². The smallest absolute Gasteiger partial charge is 0.343 e. The van der Waals surface area contributed by atoms with Gasteiger partial charge in [-0.25, -0.2) is 29.3 Å². The van der Waals surface area contributed by atoms with Gasteiger partial charge in [-0.3, -0.25) is 0 Å². The fourth-order valence-corrected chi connectivity index (χ4v) is 3.04. The Kier molecular flexibility index (Phi) is 4.65. The van der Waals surface area contributed by atoms with Gasteiger partial charge in [0.15, 0.2) is 16.6 Å². The van der Waals surface area contributed by atoms with Crippen molar-refractivity contribution in [1.82, 2.24) is 24.6 Å². The van der Waals surface area contributed by atoms with E-state index in [2.05, 4.69) is 25.0 Å². The first-order valence-corrected chi connectivity index (χ1v) is 8.82. The van der Waals surface area contributed by atoms with Crippen LogP contribution in [0.3, 0.4) is 0 Å². The van der Waals surface area contributed by atoms with Gasteiger partial charge < -0.3 is 10.8 Å². The fourth-order valence-electron chi connectivity index (χ4n) is 2.87. The minimum atomic E-state index is -1.26. The topological polar surface area (TPSA) is 132 Å². The molecule has 0 atom stereocenters. The van der Waals surface area contributed by atoms with E-state index in [0.717, 1.165) is 5.56 Å². The van der Waals surface area contributed by atoms with Crippen molar-refractivity contribution in [2.24, 2.45) is 4.99 Å². The number of anilines is 1. The number of nitrogens with zero attached hydrogens (tertiary/aromatic N) is 6. The molecule has 0 aliphatic carbocycles. The number of hydrogen-bond acceptors (Lipinski definition) is 7. The number of carboxylic acids is 1. The SMILES string of the molecule is CC(=Nc1ncnc(N)c1C(=O)O)c1cc2ncc(Cl)n2nc1-c1ccccc1. The molecule has 4 aromatic rings. The molecule has 0 spiro atoms. The van der Waals surface area contributed by atoms with E-state index in [0.29, 0.717) is 27.8 Å². The highest BCUT2D eigenvalue weighted by Gasteiger charge is 2.19. The standard InChI is InChI=1S/C19H14ClN7O2/c1-10(25-18-15(19(28)29)17(21)23-9-24-18)12-7-14-22-8-13(20)27(14)26-16(12)11-5-3-2-4-6-11/h2-9H,1H3,(H,28,29)(H2,21,23,24). The highest BCUT2D eigenvalue weighted by molar-refractivity contribution is 6.29. The van der Waals surface area contributed by atoms with Crippen LogP contribution in [0.25, 0.3) is 16.9 Å². The Morgan fingerprint density at radius 3 is 2.69 bits per heavy atom. The molecule has 0 saturated heterocycles. The maximum absolute atomic E-state index is 11.6.